The lowest BCUT2D eigenvalue weighted by molar-refractivity contribution is 1.22. The molecule has 3 aromatic rings. The van der Waals surface area contributed by atoms with Gasteiger partial charge in [0.05, 0.1) is 10.2 Å². The molecule has 0 amide bonds. The molecule has 78 valence electrons. The molecule has 0 radical (unpaired) electrons. The van der Waals surface area contributed by atoms with Crippen molar-refractivity contribution >= 4 is 33.3 Å². The molecular formula is C12H8N2S2. The van der Waals surface area contributed by atoms with E-state index in [0.717, 1.165) is 14.8 Å². The van der Waals surface area contributed by atoms with Crippen LogP contribution in [0.2, 0.25) is 0 Å². The third-order valence-corrected chi connectivity index (χ3v) is 4.19. The van der Waals surface area contributed by atoms with Crippen LogP contribution in [0.3, 0.4) is 0 Å². The molecule has 0 aliphatic heterocycles. The Labute approximate surface area is 101 Å². The molecule has 2 heterocycles. The maximum Gasteiger partial charge on any atom is 0.155 e. The molecule has 4 heteroatoms. The predicted molar refractivity (Wildman–Crippen MR) is 68.0 cm³/mol. The second-order valence-corrected chi connectivity index (χ2v) is 5.59. The van der Waals surface area contributed by atoms with E-state index in [1.165, 1.54) is 4.70 Å². The summed E-state index contributed by atoms with van der Waals surface area (Å²) < 4.78 is 2.29. The predicted octanol–water partition coefficient (Wildman–Crippen LogP) is 3.84. The first-order valence-corrected chi connectivity index (χ1v) is 6.48. The molecule has 0 fully saturated rings. The number of hydrogen-bond acceptors (Lipinski definition) is 4. The standard InChI is InChI=1S/C12H8N2S2/c1-2-6-11-10(5-1)14-12(16-11)15-9-4-3-7-13-8-9/h1-8H. The van der Waals surface area contributed by atoms with E-state index in [0.29, 0.717) is 0 Å². The third kappa shape index (κ3) is 1.94. The molecule has 0 N–H and O–H groups in total. The summed E-state index contributed by atoms with van der Waals surface area (Å²) >= 11 is 3.37. The number of para-hydroxylation sites is 1. The Kier molecular flexibility index (Phi) is 2.60. The Bertz CT molecular complexity index is 571. The van der Waals surface area contributed by atoms with Crippen LogP contribution in [-0.2, 0) is 0 Å². The van der Waals surface area contributed by atoms with Gasteiger partial charge in [0.25, 0.3) is 0 Å². The van der Waals surface area contributed by atoms with Crippen LogP contribution in [0, 0.1) is 0 Å². The van der Waals surface area contributed by atoms with Crippen LogP contribution in [0.15, 0.2) is 58.0 Å². The van der Waals surface area contributed by atoms with Crippen LogP contribution in [0.25, 0.3) is 10.2 Å². The van der Waals surface area contributed by atoms with Crippen LogP contribution < -0.4 is 0 Å². The van der Waals surface area contributed by atoms with Gasteiger partial charge in [-0.2, -0.15) is 0 Å². The fourth-order valence-corrected chi connectivity index (χ4v) is 3.43. The van der Waals surface area contributed by atoms with Gasteiger partial charge < -0.3 is 0 Å². The van der Waals surface area contributed by atoms with Crippen LogP contribution in [0.4, 0.5) is 0 Å². The first kappa shape index (κ1) is 9.81. The average Bonchev–Trinajstić information content (AvgIpc) is 2.72. The van der Waals surface area contributed by atoms with Gasteiger partial charge in [-0.05, 0) is 24.3 Å². The molecule has 3 rings (SSSR count). The zero-order chi connectivity index (χ0) is 10.8. The van der Waals surface area contributed by atoms with Gasteiger partial charge >= 0.3 is 0 Å². The van der Waals surface area contributed by atoms with Crippen molar-refractivity contribution in [2.45, 2.75) is 9.24 Å². The topological polar surface area (TPSA) is 25.8 Å². The normalized spacial score (nSPS) is 10.8. The molecule has 0 unspecified atom stereocenters. The van der Waals surface area contributed by atoms with E-state index < -0.39 is 0 Å². The molecule has 0 aliphatic rings. The van der Waals surface area contributed by atoms with Crippen LogP contribution in [0.1, 0.15) is 0 Å². The first-order chi connectivity index (χ1) is 7.92. The zero-order valence-corrected chi connectivity index (χ0v) is 9.96. The summed E-state index contributed by atoms with van der Waals surface area (Å²) in [5.41, 5.74) is 1.07. The molecule has 1 aromatic carbocycles. The van der Waals surface area contributed by atoms with Gasteiger partial charge in [-0.25, -0.2) is 4.98 Å². The number of pyridine rings is 1. The molecule has 0 saturated heterocycles. The van der Waals surface area contributed by atoms with Gasteiger partial charge in [-0.3, -0.25) is 4.98 Å². The minimum Gasteiger partial charge on any atom is -0.264 e. The van der Waals surface area contributed by atoms with Crippen LogP contribution >= 0.6 is 23.1 Å². The highest BCUT2D eigenvalue weighted by Crippen LogP contribution is 2.33. The molecule has 0 bridgehead atoms. The summed E-state index contributed by atoms with van der Waals surface area (Å²) in [6, 6.07) is 12.2. The molecule has 0 spiro atoms. The summed E-state index contributed by atoms with van der Waals surface area (Å²) in [5, 5.41) is 0. The fraction of sp³-hybridized carbons (Fsp3) is 0. The summed E-state index contributed by atoms with van der Waals surface area (Å²) in [6.45, 7) is 0. The lowest BCUT2D eigenvalue weighted by atomic mass is 10.3. The Morgan fingerprint density at radius 3 is 2.81 bits per heavy atom. The van der Waals surface area contributed by atoms with Crippen molar-refractivity contribution in [1.29, 1.82) is 0 Å². The highest BCUT2D eigenvalue weighted by molar-refractivity contribution is 8.01. The van der Waals surface area contributed by atoms with E-state index in [4.69, 9.17) is 0 Å². The van der Waals surface area contributed by atoms with Crippen molar-refractivity contribution in [3.63, 3.8) is 0 Å². The summed E-state index contributed by atoms with van der Waals surface area (Å²) in [6.07, 6.45) is 3.64. The Balaban J connectivity index is 1.95. The van der Waals surface area contributed by atoms with E-state index in [9.17, 15) is 0 Å². The number of aromatic nitrogens is 2. The van der Waals surface area contributed by atoms with Crippen molar-refractivity contribution in [3.05, 3.63) is 48.8 Å². The van der Waals surface area contributed by atoms with Crippen molar-refractivity contribution in [2.75, 3.05) is 0 Å². The van der Waals surface area contributed by atoms with Gasteiger partial charge in [0, 0.05) is 17.3 Å². The second kappa shape index (κ2) is 4.23. The summed E-state index contributed by atoms with van der Waals surface area (Å²) in [4.78, 5) is 9.78. The lowest BCUT2D eigenvalue weighted by Crippen LogP contribution is -1.73. The number of thiazole rings is 1. The minimum atomic E-state index is 1.06. The zero-order valence-electron chi connectivity index (χ0n) is 8.33. The lowest BCUT2D eigenvalue weighted by Gasteiger charge is -1.93. The van der Waals surface area contributed by atoms with E-state index in [1.54, 1.807) is 29.3 Å². The van der Waals surface area contributed by atoms with Gasteiger partial charge in [-0.1, -0.05) is 23.9 Å². The van der Waals surface area contributed by atoms with Gasteiger partial charge in [0.15, 0.2) is 4.34 Å². The third-order valence-electron chi connectivity index (χ3n) is 2.11. The van der Waals surface area contributed by atoms with Crippen LogP contribution in [0.5, 0.6) is 0 Å². The minimum absolute atomic E-state index is 1.06. The number of nitrogens with zero attached hydrogens (tertiary/aromatic N) is 2. The number of fused-ring (bicyclic) bond motifs is 1. The summed E-state index contributed by atoms with van der Waals surface area (Å²) in [7, 11) is 0. The van der Waals surface area contributed by atoms with Crippen molar-refractivity contribution in [2.24, 2.45) is 0 Å². The van der Waals surface area contributed by atoms with Gasteiger partial charge in [0.2, 0.25) is 0 Å². The maximum atomic E-state index is 4.56. The number of benzene rings is 1. The van der Waals surface area contributed by atoms with Crippen LogP contribution in [-0.4, -0.2) is 9.97 Å². The van der Waals surface area contributed by atoms with E-state index in [1.807, 2.05) is 36.5 Å². The SMILES string of the molecule is c1cncc(Sc2nc3ccccc3s2)c1. The molecule has 0 saturated carbocycles. The molecule has 0 atom stereocenters. The van der Waals surface area contributed by atoms with Gasteiger partial charge in [0.1, 0.15) is 0 Å². The molecule has 2 nitrogen and oxygen atoms in total. The molecule has 16 heavy (non-hydrogen) atoms. The molecule has 0 aliphatic carbocycles. The van der Waals surface area contributed by atoms with Crippen molar-refractivity contribution < 1.29 is 0 Å². The smallest absolute Gasteiger partial charge is 0.155 e. The largest absolute Gasteiger partial charge is 0.264 e. The molecule has 2 aromatic heterocycles. The summed E-state index contributed by atoms with van der Waals surface area (Å²) in [5.74, 6) is 0. The van der Waals surface area contributed by atoms with Crippen molar-refractivity contribution in [3.8, 4) is 0 Å². The Hall–Kier alpha value is -1.39. The maximum absolute atomic E-state index is 4.56. The van der Waals surface area contributed by atoms with E-state index in [2.05, 4.69) is 16.0 Å². The average molecular weight is 244 g/mol. The molecular weight excluding hydrogens is 236 g/mol. The second-order valence-electron chi connectivity index (χ2n) is 3.24. The Morgan fingerprint density at radius 2 is 2.00 bits per heavy atom. The monoisotopic (exact) mass is 244 g/mol. The van der Waals surface area contributed by atoms with Gasteiger partial charge in [-0.15, -0.1) is 11.3 Å². The first-order valence-electron chi connectivity index (χ1n) is 4.85. The van der Waals surface area contributed by atoms with E-state index >= 15 is 0 Å². The quantitative estimate of drug-likeness (QED) is 0.685. The highest BCUT2D eigenvalue weighted by Gasteiger charge is 2.04. The Morgan fingerprint density at radius 1 is 1.06 bits per heavy atom. The number of hydrogen-bond donors (Lipinski definition) is 0. The van der Waals surface area contributed by atoms with Crippen molar-refractivity contribution in [1.82, 2.24) is 9.97 Å². The fourth-order valence-electron chi connectivity index (χ4n) is 1.40. The van der Waals surface area contributed by atoms with E-state index in [-0.39, 0.29) is 0 Å². The highest BCUT2D eigenvalue weighted by atomic mass is 32.2. The number of rotatable bonds is 2.